The number of carbonyl (C=O) groups is 1. The second-order valence-corrected chi connectivity index (χ2v) is 11.6. The van der Waals surface area contributed by atoms with Crippen LogP contribution in [0, 0.1) is 6.92 Å². The summed E-state index contributed by atoms with van der Waals surface area (Å²) in [5, 5.41) is 16.5. The number of carbonyl (C=O) groups excluding carboxylic acids is 1. The second kappa shape index (κ2) is 14.4. The van der Waals surface area contributed by atoms with E-state index < -0.39 is 5.91 Å². The van der Waals surface area contributed by atoms with Gasteiger partial charge in [0.15, 0.2) is 22.5 Å². The van der Waals surface area contributed by atoms with Crippen molar-refractivity contribution in [2.24, 2.45) is 5.73 Å². The third-order valence-electron chi connectivity index (χ3n) is 8.44. The van der Waals surface area contributed by atoms with Crippen LogP contribution in [0.3, 0.4) is 0 Å². The summed E-state index contributed by atoms with van der Waals surface area (Å²) in [5.41, 5.74) is 8.79. The number of primary amides is 1. The summed E-state index contributed by atoms with van der Waals surface area (Å²) in [6.45, 7) is 8.86. The minimum absolute atomic E-state index is 0.00248. The molecule has 1 amide bonds. The van der Waals surface area contributed by atoms with Crippen molar-refractivity contribution in [2.45, 2.75) is 63.6 Å². The van der Waals surface area contributed by atoms with Crippen LogP contribution in [-0.4, -0.2) is 102 Å². The molecule has 0 radical (unpaired) electrons. The van der Waals surface area contributed by atoms with E-state index in [1.165, 1.54) is 31.6 Å². The van der Waals surface area contributed by atoms with Gasteiger partial charge in [0.05, 0.1) is 13.3 Å². The number of rotatable bonds is 7. The van der Waals surface area contributed by atoms with Crippen LogP contribution in [0.5, 0.6) is 0 Å². The molecule has 226 valence electrons. The number of hydrogen-bond donors (Lipinski definition) is 4. The Bertz CT molecular complexity index is 1160. The van der Waals surface area contributed by atoms with Crippen LogP contribution in [-0.2, 0) is 0 Å². The standard InChI is InChI=1S/C28H41ClN8O2.CH3F/c1-18-17-20(5-8-23(18)37-11-9-21(10-12-37)36-15-13-35(2)14-16-36)32-27-24(26(30)39)33-25(29)28(34-27)31-19-3-6-22(38)7-4-19;1-2/h5,8,17,19,21-22,38H,3-4,6-7,9-16H2,1-2H3,(H2,30,39)(H2,31,32,34);1H3. The highest BCUT2D eigenvalue weighted by molar-refractivity contribution is 6.32. The SMILES string of the molecule is CF.Cc1cc(Nc2nc(NC3CCC(O)CC3)c(Cl)nc2C(N)=O)ccc1N1CCC(N2CCN(C)CC2)CC1. The van der Waals surface area contributed by atoms with E-state index in [-0.39, 0.29) is 28.8 Å². The number of nitrogens with one attached hydrogen (secondary N) is 2. The Morgan fingerprint density at radius 1 is 1.00 bits per heavy atom. The number of nitrogens with zero attached hydrogens (tertiary/aromatic N) is 5. The molecule has 1 aromatic carbocycles. The summed E-state index contributed by atoms with van der Waals surface area (Å²) < 4.78 is 9.50. The average Bonchev–Trinajstić information content (AvgIpc) is 2.97. The highest BCUT2D eigenvalue weighted by atomic mass is 35.5. The number of piperazine rings is 1. The first-order valence-electron chi connectivity index (χ1n) is 14.5. The maximum Gasteiger partial charge on any atom is 0.271 e. The predicted octanol–water partition coefficient (Wildman–Crippen LogP) is 3.80. The Labute approximate surface area is 247 Å². The summed E-state index contributed by atoms with van der Waals surface area (Å²) in [7, 11) is 2.70. The topological polar surface area (TPSA) is 123 Å². The molecule has 3 fully saturated rings. The molecular weight excluding hydrogens is 547 g/mol. The van der Waals surface area contributed by atoms with Crippen LogP contribution in [0.4, 0.5) is 27.4 Å². The van der Waals surface area contributed by atoms with Gasteiger partial charge in [-0.25, -0.2) is 9.97 Å². The molecule has 1 aliphatic carbocycles. The first kappa shape index (κ1) is 31.2. The fourth-order valence-electron chi connectivity index (χ4n) is 6.06. The van der Waals surface area contributed by atoms with Crippen molar-refractivity contribution in [2.75, 3.05) is 69.0 Å². The lowest BCUT2D eigenvalue weighted by Gasteiger charge is -2.43. The van der Waals surface area contributed by atoms with Gasteiger partial charge in [-0.2, -0.15) is 0 Å². The average molecular weight is 591 g/mol. The summed E-state index contributed by atoms with van der Waals surface area (Å²) in [5.74, 6) is -0.0247. The Morgan fingerprint density at radius 3 is 2.27 bits per heavy atom. The summed E-state index contributed by atoms with van der Waals surface area (Å²) in [4.78, 5) is 28.6. The number of hydrogen-bond acceptors (Lipinski definition) is 9. The number of likely N-dealkylation sites (N-methyl/N-ethyl adjacent to an activating group) is 1. The monoisotopic (exact) mass is 590 g/mol. The maximum absolute atomic E-state index is 12.1. The van der Waals surface area contributed by atoms with E-state index in [0.29, 0.717) is 19.0 Å². The van der Waals surface area contributed by atoms with Gasteiger partial charge in [-0.15, -0.1) is 0 Å². The molecular formula is C29H44ClFN8O2. The zero-order valence-corrected chi connectivity index (χ0v) is 25.1. The van der Waals surface area contributed by atoms with E-state index in [4.69, 9.17) is 17.3 Å². The number of alkyl halides is 1. The molecule has 0 atom stereocenters. The number of piperidine rings is 1. The summed E-state index contributed by atoms with van der Waals surface area (Å²) >= 11 is 6.36. The third-order valence-corrected chi connectivity index (χ3v) is 8.71. The fourth-order valence-corrected chi connectivity index (χ4v) is 6.24. The molecule has 41 heavy (non-hydrogen) atoms. The smallest absolute Gasteiger partial charge is 0.271 e. The summed E-state index contributed by atoms with van der Waals surface area (Å²) in [6.07, 6.45) is 5.19. The molecule has 10 nitrogen and oxygen atoms in total. The number of amides is 1. The molecule has 12 heteroatoms. The number of aliphatic hydroxyl groups excluding tert-OH is 1. The van der Waals surface area contributed by atoms with Gasteiger partial charge in [-0.3, -0.25) is 14.1 Å². The zero-order chi connectivity index (χ0) is 29.5. The second-order valence-electron chi connectivity index (χ2n) is 11.3. The Kier molecular flexibility index (Phi) is 11.0. The molecule has 2 aliphatic heterocycles. The molecule has 1 aromatic heterocycles. The van der Waals surface area contributed by atoms with Crippen molar-refractivity contribution < 1.29 is 14.3 Å². The first-order valence-corrected chi connectivity index (χ1v) is 14.9. The molecule has 2 aromatic rings. The highest BCUT2D eigenvalue weighted by Gasteiger charge is 2.27. The van der Waals surface area contributed by atoms with Crippen molar-refractivity contribution in [3.63, 3.8) is 0 Å². The van der Waals surface area contributed by atoms with Gasteiger partial charge in [0, 0.05) is 62.7 Å². The van der Waals surface area contributed by atoms with Crippen LogP contribution < -0.4 is 21.3 Å². The molecule has 0 spiro atoms. The van der Waals surface area contributed by atoms with Gasteiger partial charge in [-0.1, -0.05) is 11.6 Å². The molecule has 3 aliphatic rings. The fraction of sp³-hybridized carbons (Fsp3) is 0.621. The maximum atomic E-state index is 12.1. The number of benzene rings is 1. The van der Waals surface area contributed by atoms with Crippen LogP contribution >= 0.6 is 11.6 Å². The minimum Gasteiger partial charge on any atom is -0.393 e. The van der Waals surface area contributed by atoms with Gasteiger partial charge in [-0.05, 0) is 76.3 Å². The highest BCUT2D eigenvalue weighted by Crippen LogP contribution is 2.31. The lowest BCUT2D eigenvalue weighted by Crippen LogP contribution is -2.52. The van der Waals surface area contributed by atoms with Gasteiger partial charge in [0.25, 0.3) is 5.91 Å². The normalized spacial score (nSPS) is 22.5. The molecule has 1 saturated carbocycles. The van der Waals surface area contributed by atoms with Crippen molar-refractivity contribution in [1.82, 2.24) is 19.8 Å². The van der Waals surface area contributed by atoms with Gasteiger partial charge >= 0.3 is 0 Å². The van der Waals surface area contributed by atoms with E-state index in [1.807, 2.05) is 6.07 Å². The van der Waals surface area contributed by atoms with E-state index in [2.05, 4.69) is 61.4 Å². The van der Waals surface area contributed by atoms with Crippen LogP contribution in [0.25, 0.3) is 0 Å². The largest absolute Gasteiger partial charge is 0.393 e. The number of nitrogens with two attached hydrogens (primary N) is 1. The number of anilines is 4. The first-order chi connectivity index (χ1) is 19.8. The van der Waals surface area contributed by atoms with Crippen LogP contribution in [0.15, 0.2) is 18.2 Å². The number of aromatic nitrogens is 2. The molecule has 0 bridgehead atoms. The van der Waals surface area contributed by atoms with Crippen molar-refractivity contribution >= 4 is 40.5 Å². The lowest BCUT2D eigenvalue weighted by molar-refractivity contribution is 0.0982. The van der Waals surface area contributed by atoms with E-state index >= 15 is 0 Å². The van der Waals surface area contributed by atoms with E-state index in [0.717, 1.165) is 63.1 Å². The third kappa shape index (κ3) is 7.97. The molecule has 5 rings (SSSR count). The van der Waals surface area contributed by atoms with Gasteiger partial charge in [0.1, 0.15) is 0 Å². The number of halogens is 2. The molecule has 2 saturated heterocycles. The zero-order valence-electron chi connectivity index (χ0n) is 24.4. The Morgan fingerprint density at radius 2 is 1.66 bits per heavy atom. The number of aliphatic hydroxyl groups is 1. The minimum atomic E-state index is -0.698. The Balaban J connectivity index is 0.00000189. The van der Waals surface area contributed by atoms with Crippen molar-refractivity contribution in [1.29, 1.82) is 0 Å². The van der Waals surface area contributed by atoms with Gasteiger partial charge < -0.3 is 31.3 Å². The van der Waals surface area contributed by atoms with Crippen LogP contribution in [0.1, 0.15) is 54.6 Å². The van der Waals surface area contributed by atoms with Crippen LogP contribution in [0.2, 0.25) is 5.15 Å². The molecule has 3 heterocycles. The molecule has 0 unspecified atom stereocenters. The predicted molar refractivity (Wildman–Crippen MR) is 163 cm³/mol. The quantitative estimate of drug-likeness (QED) is 0.381. The van der Waals surface area contributed by atoms with E-state index in [9.17, 15) is 14.3 Å². The lowest BCUT2D eigenvalue weighted by atomic mass is 9.93. The number of aryl methyl sites for hydroxylation is 1. The van der Waals surface area contributed by atoms with Crippen molar-refractivity contribution in [3.8, 4) is 0 Å². The van der Waals surface area contributed by atoms with Crippen molar-refractivity contribution in [3.05, 3.63) is 34.6 Å². The van der Waals surface area contributed by atoms with E-state index in [1.54, 1.807) is 0 Å². The molecule has 5 N–H and O–H groups in total. The van der Waals surface area contributed by atoms with Gasteiger partial charge in [0.2, 0.25) is 0 Å². The summed E-state index contributed by atoms with van der Waals surface area (Å²) in [6, 6.07) is 7.01. The Hall–Kier alpha value is -2.73.